The first-order valence-electron chi connectivity index (χ1n) is 8.28. The fourth-order valence-corrected chi connectivity index (χ4v) is 4.46. The first-order chi connectivity index (χ1) is 12.8. The predicted molar refractivity (Wildman–Crippen MR) is 99.4 cm³/mol. The molecule has 1 amide bonds. The maximum absolute atomic E-state index is 12.1. The number of rotatable bonds is 7. The number of ether oxygens (including phenoxy) is 3. The number of carbonyl (C=O) groups excluding carboxylic acids is 2. The molecule has 2 rings (SSSR count). The lowest BCUT2D eigenvalue weighted by Gasteiger charge is -2.22. The summed E-state index contributed by atoms with van der Waals surface area (Å²) in [4.78, 5) is 25.2. The Bertz CT molecular complexity index is 832. The number of methoxy groups -OCH3 is 2. The molecule has 1 atom stereocenters. The van der Waals surface area contributed by atoms with E-state index in [0.717, 1.165) is 0 Å². The van der Waals surface area contributed by atoms with Crippen LogP contribution in [0.2, 0.25) is 0 Å². The number of benzene rings is 1. The minimum atomic E-state index is -3.09. The van der Waals surface area contributed by atoms with Gasteiger partial charge in [-0.1, -0.05) is 6.07 Å². The van der Waals surface area contributed by atoms with Crippen molar-refractivity contribution in [3.63, 3.8) is 0 Å². The number of amides is 1. The largest absolute Gasteiger partial charge is 0.493 e. The molecule has 1 saturated heterocycles. The lowest BCUT2D eigenvalue weighted by Crippen LogP contribution is -2.40. The molecule has 0 spiro atoms. The summed E-state index contributed by atoms with van der Waals surface area (Å²) in [5, 5.41) is 0. The third kappa shape index (κ3) is 5.72. The SMILES string of the molecule is COc1ccc(/C=C/C(=O)OCC(=O)N(C)[C@@H]2CCS(=O)(=O)C2)cc1OC. The maximum Gasteiger partial charge on any atom is 0.331 e. The summed E-state index contributed by atoms with van der Waals surface area (Å²) in [7, 11) is 1.47. The molecule has 8 nitrogen and oxygen atoms in total. The topological polar surface area (TPSA) is 99.2 Å². The Morgan fingerprint density at radius 2 is 1.93 bits per heavy atom. The summed E-state index contributed by atoms with van der Waals surface area (Å²) >= 11 is 0. The van der Waals surface area contributed by atoms with Crippen molar-refractivity contribution in [2.45, 2.75) is 12.5 Å². The van der Waals surface area contributed by atoms with Gasteiger partial charge in [0.2, 0.25) is 0 Å². The molecule has 0 radical (unpaired) electrons. The molecular formula is C18H23NO7S. The van der Waals surface area contributed by atoms with Crippen LogP contribution in [0.3, 0.4) is 0 Å². The van der Waals surface area contributed by atoms with Crippen LogP contribution in [0.4, 0.5) is 0 Å². The van der Waals surface area contributed by atoms with Gasteiger partial charge in [0.05, 0.1) is 25.7 Å². The zero-order valence-corrected chi connectivity index (χ0v) is 16.3. The van der Waals surface area contributed by atoms with Crippen LogP contribution in [0.5, 0.6) is 11.5 Å². The summed E-state index contributed by atoms with van der Waals surface area (Å²) in [5.74, 6) is -0.00223. The number of nitrogens with zero attached hydrogens (tertiary/aromatic N) is 1. The van der Waals surface area contributed by atoms with Gasteiger partial charge >= 0.3 is 5.97 Å². The first kappa shape index (κ1) is 20.8. The van der Waals surface area contributed by atoms with E-state index in [0.29, 0.717) is 23.5 Å². The Kier molecular flexibility index (Phi) is 6.84. The van der Waals surface area contributed by atoms with Crippen LogP contribution in [-0.4, -0.2) is 70.6 Å². The molecule has 0 aromatic heterocycles. The third-order valence-electron chi connectivity index (χ3n) is 4.31. The lowest BCUT2D eigenvalue weighted by atomic mass is 10.2. The molecule has 0 aliphatic carbocycles. The summed E-state index contributed by atoms with van der Waals surface area (Å²) in [5.41, 5.74) is 0.698. The molecule has 1 aliphatic heterocycles. The highest BCUT2D eigenvalue weighted by Gasteiger charge is 2.32. The van der Waals surface area contributed by atoms with Gasteiger partial charge in [0.1, 0.15) is 0 Å². The molecule has 1 fully saturated rings. The second-order valence-electron chi connectivity index (χ2n) is 6.12. The summed E-state index contributed by atoms with van der Waals surface area (Å²) in [6.07, 6.45) is 3.13. The Labute approximate surface area is 158 Å². The Morgan fingerprint density at radius 1 is 1.22 bits per heavy atom. The van der Waals surface area contributed by atoms with E-state index in [4.69, 9.17) is 14.2 Å². The van der Waals surface area contributed by atoms with Crippen molar-refractivity contribution in [2.75, 3.05) is 39.4 Å². The van der Waals surface area contributed by atoms with Gasteiger partial charge in [-0.15, -0.1) is 0 Å². The van der Waals surface area contributed by atoms with Crippen molar-refractivity contribution in [1.82, 2.24) is 4.90 Å². The molecule has 1 aromatic rings. The molecule has 1 heterocycles. The van der Waals surface area contributed by atoms with Crippen LogP contribution in [0.1, 0.15) is 12.0 Å². The fourth-order valence-electron chi connectivity index (χ4n) is 2.69. The molecule has 1 aromatic carbocycles. The van der Waals surface area contributed by atoms with Crippen LogP contribution in [0.15, 0.2) is 24.3 Å². The molecule has 0 saturated carbocycles. The molecule has 0 unspecified atom stereocenters. The number of likely N-dealkylation sites (N-methyl/N-ethyl adjacent to an activating group) is 1. The van der Waals surface area contributed by atoms with E-state index in [-0.39, 0.29) is 17.5 Å². The van der Waals surface area contributed by atoms with Crippen molar-refractivity contribution in [3.8, 4) is 11.5 Å². The van der Waals surface area contributed by atoms with E-state index in [9.17, 15) is 18.0 Å². The van der Waals surface area contributed by atoms with Crippen LogP contribution in [0.25, 0.3) is 6.08 Å². The van der Waals surface area contributed by atoms with Gasteiger partial charge in [0.15, 0.2) is 27.9 Å². The van der Waals surface area contributed by atoms with Crippen LogP contribution < -0.4 is 9.47 Å². The standard InChI is InChI=1S/C18H23NO7S/c1-19(14-8-9-27(22,23)12-14)17(20)11-26-18(21)7-5-13-4-6-15(24-2)16(10-13)25-3/h4-7,10,14H,8-9,11-12H2,1-3H3/b7-5+/t14-/m1/s1. The minimum Gasteiger partial charge on any atom is -0.493 e. The predicted octanol–water partition coefficient (Wildman–Crippen LogP) is 0.906. The normalized spacial score (nSPS) is 18.3. The molecular weight excluding hydrogens is 374 g/mol. The van der Waals surface area contributed by atoms with E-state index in [1.165, 1.54) is 38.3 Å². The third-order valence-corrected chi connectivity index (χ3v) is 6.06. The number of esters is 1. The maximum atomic E-state index is 12.1. The van der Waals surface area contributed by atoms with Gasteiger partial charge in [-0.3, -0.25) is 4.79 Å². The Morgan fingerprint density at radius 3 is 2.52 bits per heavy atom. The van der Waals surface area contributed by atoms with Crippen LogP contribution in [-0.2, 0) is 24.2 Å². The Hall–Kier alpha value is -2.55. The van der Waals surface area contributed by atoms with E-state index in [1.807, 2.05) is 0 Å². The van der Waals surface area contributed by atoms with Crippen molar-refractivity contribution >= 4 is 27.8 Å². The number of hydrogen-bond acceptors (Lipinski definition) is 7. The zero-order valence-electron chi connectivity index (χ0n) is 15.5. The quantitative estimate of drug-likeness (QED) is 0.498. The highest BCUT2D eigenvalue weighted by molar-refractivity contribution is 7.91. The first-order valence-corrected chi connectivity index (χ1v) is 10.1. The molecule has 148 valence electrons. The van der Waals surface area contributed by atoms with Crippen molar-refractivity contribution in [1.29, 1.82) is 0 Å². The summed E-state index contributed by atoms with van der Waals surface area (Å²) < 4.78 is 38.2. The highest BCUT2D eigenvalue weighted by atomic mass is 32.2. The highest BCUT2D eigenvalue weighted by Crippen LogP contribution is 2.27. The van der Waals surface area contributed by atoms with Crippen molar-refractivity contribution in [2.24, 2.45) is 0 Å². The second kappa shape index (κ2) is 8.90. The summed E-state index contributed by atoms with van der Waals surface area (Å²) in [6.45, 7) is -0.442. The monoisotopic (exact) mass is 397 g/mol. The van der Waals surface area contributed by atoms with Gasteiger partial charge in [-0.2, -0.15) is 0 Å². The molecule has 9 heteroatoms. The van der Waals surface area contributed by atoms with Gasteiger partial charge in [0, 0.05) is 19.2 Å². The fraction of sp³-hybridized carbons (Fsp3) is 0.444. The van der Waals surface area contributed by atoms with Crippen molar-refractivity contribution < 1.29 is 32.2 Å². The van der Waals surface area contributed by atoms with Gasteiger partial charge < -0.3 is 19.1 Å². The molecule has 0 N–H and O–H groups in total. The Balaban J connectivity index is 1.87. The molecule has 1 aliphatic rings. The number of hydrogen-bond donors (Lipinski definition) is 0. The minimum absolute atomic E-state index is 0.0532. The lowest BCUT2D eigenvalue weighted by molar-refractivity contribution is -0.148. The van der Waals surface area contributed by atoms with Gasteiger partial charge in [-0.25, -0.2) is 13.2 Å². The second-order valence-corrected chi connectivity index (χ2v) is 8.35. The summed E-state index contributed by atoms with van der Waals surface area (Å²) in [6, 6.07) is 4.77. The smallest absolute Gasteiger partial charge is 0.331 e. The van der Waals surface area contributed by atoms with Crippen LogP contribution in [0, 0.1) is 0 Å². The number of carbonyl (C=O) groups is 2. The van der Waals surface area contributed by atoms with Crippen LogP contribution >= 0.6 is 0 Å². The molecule has 27 heavy (non-hydrogen) atoms. The van der Waals surface area contributed by atoms with Gasteiger partial charge in [-0.05, 0) is 30.2 Å². The average molecular weight is 397 g/mol. The molecule has 0 bridgehead atoms. The van der Waals surface area contributed by atoms with Gasteiger partial charge in [0.25, 0.3) is 5.91 Å². The number of sulfone groups is 1. The average Bonchev–Trinajstić information content (AvgIpc) is 3.03. The zero-order chi connectivity index (χ0) is 20.0. The van der Waals surface area contributed by atoms with E-state index in [2.05, 4.69) is 0 Å². The van der Waals surface area contributed by atoms with E-state index >= 15 is 0 Å². The van der Waals surface area contributed by atoms with E-state index < -0.39 is 28.3 Å². The van der Waals surface area contributed by atoms with Crippen molar-refractivity contribution in [3.05, 3.63) is 29.8 Å². The van der Waals surface area contributed by atoms with E-state index in [1.54, 1.807) is 18.2 Å².